The lowest BCUT2D eigenvalue weighted by Crippen LogP contribution is -2.50. The molecule has 3 aromatic heterocycles. The van der Waals surface area contributed by atoms with Crippen LogP contribution in [0.5, 0.6) is 5.19 Å². The number of pyridine rings is 1. The number of aromatic carboxylic acids is 1. The van der Waals surface area contributed by atoms with Gasteiger partial charge in [-0.05, 0) is 62.0 Å². The molecule has 0 amide bonds. The van der Waals surface area contributed by atoms with Crippen LogP contribution in [0.2, 0.25) is 0 Å². The third-order valence-electron chi connectivity index (χ3n) is 6.98. The Kier molecular flexibility index (Phi) is 6.67. The van der Waals surface area contributed by atoms with E-state index in [0.29, 0.717) is 45.2 Å². The van der Waals surface area contributed by atoms with Gasteiger partial charge in [-0.3, -0.25) is 0 Å². The number of hydrogen-bond donors (Lipinski definition) is 2. The molecule has 11 heteroatoms. The number of fused-ring (bicyclic) bond motifs is 1. The van der Waals surface area contributed by atoms with E-state index in [1.807, 2.05) is 0 Å². The first kappa shape index (κ1) is 24.3. The normalized spacial score (nSPS) is 20.2. The highest BCUT2D eigenvalue weighted by Gasteiger charge is 2.46. The number of carboxylic acids is 1. The number of nitrogens with zero attached hydrogens (tertiary/aromatic N) is 4. The molecule has 4 heterocycles. The third-order valence-corrected chi connectivity index (χ3v) is 7.86. The van der Waals surface area contributed by atoms with E-state index >= 15 is 0 Å². The topological polar surface area (TPSA) is 123 Å². The standard InChI is InChI=1S/C25H26FN5O4S/c1-14(2)17-12-27-9-7-25(17,21-13-28-31-35-21)8-10-34-24-30-20-6-5-19(29-22(20)36-24)15-3-4-16(23(32)33)18(26)11-15/h3-6,11,13-14,17,27H,7-10,12H2,1-2H3,(H,32,33). The van der Waals surface area contributed by atoms with Crippen molar-refractivity contribution in [1.82, 2.24) is 25.7 Å². The summed E-state index contributed by atoms with van der Waals surface area (Å²) >= 11 is 1.32. The summed E-state index contributed by atoms with van der Waals surface area (Å²) in [5.41, 5.74) is 1.10. The van der Waals surface area contributed by atoms with Gasteiger partial charge >= 0.3 is 5.97 Å². The number of carbonyl (C=O) groups is 1. The van der Waals surface area contributed by atoms with Gasteiger partial charge in [0.2, 0.25) is 0 Å². The summed E-state index contributed by atoms with van der Waals surface area (Å²) in [6, 6.07) is 7.49. The lowest BCUT2D eigenvalue weighted by molar-refractivity contribution is 0.0692. The molecule has 1 aliphatic rings. The Bertz CT molecular complexity index is 1380. The zero-order valence-corrected chi connectivity index (χ0v) is 20.7. The molecule has 0 aliphatic carbocycles. The number of halogens is 1. The molecule has 1 aromatic carbocycles. The largest absolute Gasteiger partial charge is 0.478 e. The fraction of sp³-hybridized carbons (Fsp3) is 0.400. The van der Waals surface area contributed by atoms with Crippen LogP contribution in [0.1, 0.15) is 42.8 Å². The van der Waals surface area contributed by atoms with Crippen molar-refractivity contribution in [3.63, 3.8) is 0 Å². The summed E-state index contributed by atoms with van der Waals surface area (Å²) in [6.45, 7) is 6.65. The molecule has 188 valence electrons. The van der Waals surface area contributed by atoms with Crippen molar-refractivity contribution in [2.24, 2.45) is 11.8 Å². The molecule has 2 N–H and O–H groups in total. The number of ether oxygens (including phenoxy) is 1. The number of nitrogens with one attached hydrogen (secondary N) is 1. The van der Waals surface area contributed by atoms with Crippen molar-refractivity contribution >= 4 is 27.7 Å². The summed E-state index contributed by atoms with van der Waals surface area (Å²) in [4.78, 5) is 20.9. The van der Waals surface area contributed by atoms with Crippen molar-refractivity contribution in [3.05, 3.63) is 53.7 Å². The molecule has 0 spiro atoms. The van der Waals surface area contributed by atoms with E-state index in [9.17, 15) is 9.18 Å². The number of rotatable bonds is 8. The highest BCUT2D eigenvalue weighted by Crippen LogP contribution is 2.44. The first-order valence-corrected chi connectivity index (χ1v) is 12.6. The van der Waals surface area contributed by atoms with Gasteiger partial charge in [0, 0.05) is 16.2 Å². The Balaban J connectivity index is 1.34. The molecule has 2 unspecified atom stereocenters. The fourth-order valence-electron chi connectivity index (χ4n) is 5.14. The van der Waals surface area contributed by atoms with Gasteiger partial charge in [0.25, 0.3) is 5.19 Å². The van der Waals surface area contributed by atoms with E-state index in [2.05, 4.69) is 39.5 Å². The van der Waals surface area contributed by atoms with Gasteiger partial charge in [0.1, 0.15) is 16.2 Å². The molecule has 0 saturated carbocycles. The van der Waals surface area contributed by atoms with Gasteiger partial charge in [0.05, 0.1) is 24.1 Å². The molecule has 1 aliphatic heterocycles. The summed E-state index contributed by atoms with van der Waals surface area (Å²) in [6.07, 6.45) is 3.35. The maximum atomic E-state index is 14.2. The highest BCUT2D eigenvalue weighted by molar-refractivity contribution is 7.19. The first-order valence-electron chi connectivity index (χ1n) is 11.8. The minimum atomic E-state index is -1.31. The molecule has 1 fully saturated rings. The molecule has 36 heavy (non-hydrogen) atoms. The summed E-state index contributed by atoms with van der Waals surface area (Å²) < 4.78 is 25.8. The van der Waals surface area contributed by atoms with Crippen LogP contribution in [0.4, 0.5) is 4.39 Å². The van der Waals surface area contributed by atoms with Gasteiger partial charge in [-0.15, -0.1) is 5.10 Å². The van der Waals surface area contributed by atoms with Gasteiger partial charge in [-0.2, -0.15) is 0 Å². The maximum absolute atomic E-state index is 14.2. The van der Waals surface area contributed by atoms with Crippen LogP contribution in [-0.4, -0.2) is 51.1 Å². The molecule has 1 saturated heterocycles. The summed E-state index contributed by atoms with van der Waals surface area (Å²) in [5, 5.41) is 20.7. The molecule has 4 aromatic rings. The summed E-state index contributed by atoms with van der Waals surface area (Å²) in [5.74, 6) is -0.538. The Labute approximate surface area is 210 Å². The second-order valence-corrected chi connectivity index (χ2v) is 10.3. The molecule has 9 nitrogen and oxygen atoms in total. The lowest BCUT2D eigenvalue weighted by Gasteiger charge is -2.44. The average Bonchev–Trinajstić information content (AvgIpc) is 3.54. The van der Waals surface area contributed by atoms with Crippen LogP contribution in [0.25, 0.3) is 21.6 Å². The molecule has 0 bridgehead atoms. The SMILES string of the molecule is CC(C)C1CNCCC1(CCOc1nc2ccc(-c3ccc(C(=O)O)c(F)c3)nc2s1)c1cnno1. The predicted octanol–water partition coefficient (Wildman–Crippen LogP) is 4.55. The fourth-order valence-corrected chi connectivity index (χ4v) is 5.95. The Morgan fingerprint density at radius 2 is 2.19 bits per heavy atom. The van der Waals surface area contributed by atoms with E-state index in [1.54, 1.807) is 24.4 Å². The van der Waals surface area contributed by atoms with Gasteiger partial charge in [0.15, 0.2) is 5.76 Å². The van der Waals surface area contributed by atoms with Crippen molar-refractivity contribution in [2.75, 3.05) is 19.7 Å². The van der Waals surface area contributed by atoms with Crippen molar-refractivity contribution in [3.8, 4) is 16.5 Å². The Morgan fingerprint density at radius 3 is 2.92 bits per heavy atom. The van der Waals surface area contributed by atoms with Gasteiger partial charge in [-0.25, -0.2) is 19.2 Å². The number of benzene rings is 1. The maximum Gasteiger partial charge on any atom is 0.338 e. The van der Waals surface area contributed by atoms with Crippen molar-refractivity contribution in [2.45, 2.75) is 32.1 Å². The third kappa shape index (κ3) is 4.56. The lowest BCUT2D eigenvalue weighted by atomic mass is 9.63. The van der Waals surface area contributed by atoms with E-state index in [4.69, 9.17) is 14.4 Å². The predicted molar refractivity (Wildman–Crippen MR) is 132 cm³/mol. The van der Waals surface area contributed by atoms with Gasteiger partial charge in [-0.1, -0.05) is 31.3 Å². The molecule has 2 atom stereocenters. The van der Waals surface area contributed by atoms with Crippen molar-refractivity contribution < 1.29 is 23.6 Å². The molecular formula is C25H26FN5O4S. The number of hydrogen-bond acceptors (Lipinski definition) is 9. The monoisotopic (exact) mass is 511 g/mol. The first-order chi connectivity index (χ1) is 17.4. The zero-order chi connectivity index (χ0) is 25.3. The van der Waals surface area contributed by atoms with Crippen LogP contribution < -0.4 is 10.1 Å². The highest BCUT2D eigenvalue weighted by atomic mass is 32.1. The minimum absolute atomic E-state index is 0.225. The molecule has 5 rings (SSSR count). The smallest absolute Gasteiger partial charge is 0.338 e. The van der Waals surface area contributed by atoms with Crippen molar-refractivity contribution in [1.29, 1.82) is 0 Å². The number of aromatic nitrogens is 4. The van der Waals surface area contributed by atoms with E-state index in [-0.39, 0.29) is 11.0 Å². The molecule has 0 radical (unpaired) electrons. The minimum Gasteiger partial charge on any atom is -0.478 e. The number of piperidine rings is 1. The van der Waals surface area contributed by atoms with Gasteiger partial charge < -0.3 is 19.7 Å². The van der Waals surface area contributed by atoms with Crippen LogP contribution >= 0.6 is 11.3 Å². The second-order valence-electron chi connectivity index (χ2n) is 9.34. The Hall–Kier alpha value is -3.44. The zero-order valence-electron chi connectivity index (χ0n) is 19.9. The van der Waals surface area contributed by atoms with Crippen LogP contribution in [0.3, 0.4) is 0 Å². The van der Waals surface area contributed by atoms with E-state index in [1.165, 1.54) is 23.5 Å². The van der Waals surface area contributed by atoms with Crippen LogP contribution in [0.15, 0.2) is 41.1 Å². The summed E-state index contributed by atoms with van der Waals surface area (Å²) in [7, 11) is 0. The van der Waals surface area contributed by atoms with E-state index in [0.717, 1.165) is 31.7 Å². The Morgan fingerprint density at radius 1 is 1.33 bits per heavy atom. The van der Waals surface area contributed by atoms with Crippen LogP contribution in [0, 0.1) is 17.7 Å². The quantitative estimate of drug-likeness (QED) is 0.351. The number of thiazole rings is 1. The second kappa shape index (κ2) is 9.90. The van der Waals surface area contributed by atoms with Crippen LogP contribution in [-0.2, 0) is 5.41 Å². The average molecular weight is 512 g/mol. The molecular weight excluding hydrogens is 485 g/mol. The van der Waals surface area contributed by atoms with E-state index < -0.39 is 11.8 Å². The number of carboxylic acid groups (broad SMARTS) is 1.